The zero-order valence-electron chi connectivity index (χ0n) is 10.9. The fourth-order valence-corrected chi connectivity index (χ4v) is 1.31. The number of hydrogen-bond donors (Lipinski definition) is 2. The third kappa shape index (κ3) is 5.24. The second kappa shape index (κ2) is 7.20. The summed E-state index contributed by atoms with van der Waals surface area (Å²) in [5, 5.41) is 11.2. The standard InChI is InChI=1S/C12H17N3O4/c1-15(6-5-11(16)17)12(18)14-8-9-3-4-10(19-2)13-7-9/h3-4,7H,5-6,8H2,1-2H3,(H,14,18)(H,16,17). The molecule has 0 saturated heterocycles. The summed E-state index contributed by atoms with van der Waals surface area (Å²) in [4.78, 5) is 27.4. The third-order valence-corrected chi connectivity index (χ3v) is 2.46. The molecule has 0 aromatic carbocycles. The lowest BCUT2D eigenvalue weighted by molar-refractivity contribution is -0.137. The van der Waals surface area contributed by atoms with Crippen molar-refractivity contribution in [1.82, 2.24) is 15.2 Å². The Kier molecular flexibility index (Phi) is 5.59. The molecular weight excluding hydrogens is 250 g/mol. The predicted molar refractivity (Wildman–Crippen MR) is 67.9 cm³/mol. The van der Waals surface area contributed by atoms with Crippen LogP contribution in [0.15, 0.2) is 18.3 Å². The number of nitrogens with zero attached hydrogens (tertiary/aromatic N) is 2. The molecule has 104 valence electrons. The van der Waals surface area contributed by atoms with Crippen LogP contribution in [0.2, 0.25) is 0 Å². The summed E-state index contributed by atoms with van der Waals surface area (Å²) in [6.07, 6.45) is 1.53. The summed E-state index contributed by atoms with van der Waals surface area (Å²) in [6.45, 7) is 0.495. The van der Waals surface area contributed by atoms with E-state index in [-0.39, 0.29) is 19.0 Å². The summed E-state index contributed by atoms with van der Waals surface area (Å²) in [5.41, 5.74) is 0.834. The van der Waals surface area contributed by atoms with Gasteiger partial charge in [0.15, 0.2) is 0 Å². The maximum Gasteiger partial charge on any atom is 0.317 e. The highest BCUT2D eigenvalue weighted by atomic mass is 16.5. The monoisotopic (exact) mass is 267 g/mol. The van der Waals surface area contributed by atoms with Gasteiger partial charge in [-0.25, -0.2) is 9.78 Å². The number of methoxy groups -OCH3 is 1. The van der Waals surface area contributed by atoms with Crippen LogP contribution >= 0.6 is 0 Å². The van der Waals surface area contributed by atoms with Gasteiger partial charge in [0, 0.05) is 32.4 Å². The molecule has 1 rings (SSSR count). The lowest BCUT2D eigenvalue weighted by Crippen LogP contribution is -2.37. The molecule has 2 N–H and O–H groups in total. The Hall–Kier alpha value is -2.31. The Morgan fingerprint density at radius 3 is 2.74 bits per heavy atom. The predicted octanol–water partition coefficient (Wildman–Crippen LogP) is 0.706. The molecule has 1 heterocycles. The van der Waals surface area contributed by atoms with Crippen LogP contribution in [-0.4, -0.2) is 47.7 Å². The van der Waals surface area contributed by atoms with Gasteiger partial charge in [0.25, 0.3) is 0 Å². The van der Waals surface area contributed by atoms with E-state index in [9.17, 15) is 9.59 Å². The van der Waals surface area contributed by atoms with Crippen molar-refractivity contribution in [2.75, 3.05) is 20.7 Å². The number of rotatable bonds is 6. The van der Waals surface area contributed by atoms with Gasteiger partial charge >= 0.3 is 12.0 Å². The van der Waals surface area contributed by atoms with Gasteiger partial charge in [-0.1, -0.05) is 6.07 Å². The van der Waals surface area contributed by atoms with Gasteiger partial charge in [-0.3, -0.25) is 4.79 Å². The molecule has 0 aliphatic carbocycles. The van der Waals surface area contributed by atoms with Crippen molar-refractivity contribution < 1.29 is 19.4 Å². The van der Waals surface area contributed by atoms with Crippen LogP contribution in [0, 0.1) is 0 Å². The first-order chi connectivity index (χ1) is 9.02. The summed E-state index contributed by atoms with van der Waals surface area (Å²) in [6, 6.07) is 3.18. The van der Waals surface area contributed by atoms with Gasteiger partial charge in [-0.15, -0.1) is 0 Å². The number of carbonyl (C=O) groups is 2. The largest absolute Gasteiger partial charge is 0.481 e. The van der Waals surface area contributed by atoms with Crippen LogP contribution in [0.25, 0.3) is 0 Å². The van der Waals surface area contributed by atoms with E-state index >= 15 is 0 Å². The van der Waals surface area contributed by atoms with E-state index in [1.165, 1.54) is 12.0 Å². The molecule has 0 aliphatic heterocycles. The van der Waals surface area contributed by atoms with Crippen molar-refractivity contribution in [3.8, 4) is 5.88 Å². The minimum Gasteiger partial charge on any atom is -0.481 e. The van der Waals surface area contributed by atoms with E-state index in [0.717, 1.165) is 5.56 Å². The number of aromatic nitrogens is 1. The van der Waals surface area contributed by atoms with Crippen molar-refractivity contribution in [2.45, 2.75) is 13.0 Å². The van der Waals surface area contributed by atoms with Crippen molar-refractivity contribution >= 4 is 12.0 Å². The molecule has 0 spiro atoms. The molecule has 0 aliphatic rings. The minimum absolute atomic E-state index is 0.0754. The highest BCUT2D eigenvalue weighted by molar-refractivity contribution is 5.74. The SMILES string of the molecule is COc1ccc(CNC(=O)N(C)CCC(=O)O)cn1. The average molecular weight is 267 g/mol. The quantitative estimate of drug-likeness (QED) is 0.791. The summed E-state index contributed by atoms with van der Waals surface area (Å²) in [5.74, 6) is -0.423. The van der Waals surface area contributed by atoms with Crippen molar-refractivity contribution in [1.29, 1.82) is 0 Å². The van der Waals surface area contributed by atoms with E-state index < -0.39 is 5.97 Å². The number of hydrogen-bond acceptors (Lipinski definition) is 4. The lowest BCUT2D eigenvalue weighted by atomic mass is 10.3. The van der Waals surface area contributed by atoms with Gasteiger partial charge in [-0.2, -0.15) is 0 Å². The zero-order chi connectivity index (χ0) is 14.3. The fourth-order valence-electron chi connectivity index (χ4n) is 1.31. The molecular formula is C12H17N3O4. The number of pyridine rings is 1. The number of carbonyl (C=O) groups excluding carboxylic acids is 1. The van der Waals surface area contributed by atoms with E-state index in [2.05, 4.69) is 10.3 Å². The third-order valence-electron chi connectivity index (χ3n) is 2.46. The normalized spacial score (nSPS) is 9.79. The number of aliphatic carboxylic acids is 1. The number of amides is 2. The van der Waals surface area contributed by atoms with E-state index in [0.29, 0.717) is 12.4 Å². The lowest BCUT2D eigenvalue weighted by Gasteiger charge is -2.16. The van der Waals surface area contributed by atoms with E-state index in [1.807, 2.05) is 0 Å². The Bertz CT molecular complexity index is 433. The van der Waals surface area contributed by atoms with Gasteiger partial charge in [0.2, 0.25) is 5.88 Å². The first-order valence-electron chi connectivity index (χ1n) is 5.72. The molecule has 1 aromatic heterocycles. The van der Waals surface area contributed by atoms with Crippen LogP contribution < -0.4 is 10.1 Å². The molecule has 0 radical (unpaired) electrons. The maximum absolute atomic E-state index is 11.6. The maximum atomic E-state index is 11.6. The minimum atomic E-state index is -0.931. The number of carboxylic acids is 1. The Morgan fingerprint density at radius 1 is 1.47 bits per heavy atom. The first kappa shape index (κ1) is 14.7. The summed E-state index contributed by atoms with van der Waals surface area (Å²) in [7, 11) is 3.08. The molecule has 0 atom stereocenters. The van der Waals surface area contributed by atoms with Crippen molar-refractivity contribution in [3.05, 3.63) is 23.9 Å². The molecule has 0 fully saturated rings. The molecule has 1 aromatic rings. The van der Waals surface area contributed by atoms with Crippen molar-refractivity contribution in [3.63, 3.8) is 0 Å². The van der Waals surface area contributed by atoms with E-state index in [1.54, 1.807) is 25.4 Å². The summed E-state index contributed by atoms with van der Waals surface area (Å²) < 4.78 is 4.93. The molecule has 0 unspecified atom stereocenters. The van der Waals surface area contributed by atoms with E-state index in [4.69, 9.17) is 9.84 Å². The first-order valence-corrected chi connectivity index (χ1v) is 5.72. The van der Waals surface area contributed by atoms with Crippen LogP contribution in [0.4, 0.5) is 4.79 Å². The second-order valence-electron chi connectivity index (χ2n) is 3.93. The summed E-state index contributed by atoms with van der Waals surface area (Å²) >= 11 is 0. The molecule has 19 heavy (non-hydrogen) atoms. The number of urea groups is 1. The second-order valence-corrected chi connectivity index (χ2v) is 3.93. The van der Waals surface area contributed by atoms with Crippen molar-refractivity contribution in [2.24, 2.45) is 0 Å². The van der Waals surface area contributed by atoms with Gasteiger partial charge < -0.3 is 20.1 Å². The molecule has 7 nitrogen and oxygen atoms in total. The topological polar surface area (TPSA) is 91.8 Å². The van der Waals surface area contributed by atoms with Gasteiger partial charge in [-0.05, 0) is 5.56 Å². The van der Waals surface area contributed by atoms with Crippen LogP contribution in [0.3, 0.4) is 0 Å². The molecule has 0 bridgehead atoms. The Balaban J connectivity index is 2.38. The van der Waals surface area contributed by atoms with Crippen LogP contribution in [-0.2, 0) is 11.3 Å². The number of ether oxygens (including phenoxy) is 1. The highest BCUT2D eigenvalue weighted by Gasteiger charge is 2.09. The average Bonchev–Trinajstić information content (AvgIpc) is 2.42. The number of carboxylic acid groups (broad SMARTS) is 1. The Labute approximate surface area is 111 Å². The molecule has 0 saturated carbocycles. The highest BCUT2D eigenvalue weighted by Crippen LogP contribution is 2.06. The van der Waals surface area contributed by atoms with Crippen LogP contribution in [0.1, 0.15) is 12.0 Å². The van der Waals surface area contributed by atoms with Crippen LogP contribution in [0.5, 0.6) is 5.88 Å². The smallest absolute Gasteiger partial charge is 0.317 e. The molecule has 7 heteroatoms. The Morgan fingerprint density at radius 2 is 2.21 bits per heavy atom. The van der Waals surface area contributed by atoms with Gasteiger partial charge in [0.1, 0.15) is 0 Å². The fraction of sp³-hybridized carbons (Fsp3) is 0.417. The zero-order valence-corrected chi connectivity index (χ0v) is 10.9. The van der Waals surface area contributed by atoms with Gasteiger partial charge in [0.05, 0.1) is 13.5 Å². The molecule has 2 amide bonds. The number of nitrogens with one attached hydrogen (secondary N) is 1.